The lowest BCUT2D eigenvalue weighted by atomic mass is 10.1. The summed E-state index contributed by atoms with van der Waals surface area (Å²) in [6, 6.07) is 0. The second-order valence-corrected chi connectivity index (χ2v) is 7.66. The maximum absolute atomic E-state index is 8.95. The first-order valence-electron chi connectivity index (χ1n) is 3.93. The average Bonchev–Trinajstić information content (AvgIpc) is 2.15. The van der Waals surface area contributed by atoms with Gasteiger partial charge in [0, 0.05) is 0 Å². The molecule has 0 heterocycles. The van der Waals surface area contributed by atoms with E-state index in [1.165, 1.54) is 0 Å². The molecular weight excluding hydrogens is 348 g/mol. The van der Waals surface area contributed by atoms with E-state index in [0.717, 1.165) is 0 Å². The largest absolute Gasteiger partial charge is 0.393 e. The fourth-order valence-corrected chi connectivity index (χ4v) is 2.58. The Labute approximate surface area is 124 Å². The second kappa shape index (κ2) is 5.75. The van der Waals surface area contributed by atoms with Gasteiger partial charge in [0.25, 0.3) is 0 Å². The van der Waals surface area contributed by atoms with Gasteiger partial charge in [0.05, 0.1) is 12.0 Å². The molecule has 0 spiro atoms. The maximum atomic E-state index is 8.95. The Kier molecular flexibility index (Phi) is 6.52. The molecule has 0 saturated heterocycles. The second-order valence-electron chi connectivity index (χ2n) is 2.94. The van der Waals surface area contributed by atoms with Crippen molar-refractivity contribution in [1.82, 2.24) is 0 Å². The molecule has 1 nitrogen and oxygen atoms in total. The summed E-state index contributed by atoms with van der Waals surface area (Å²) in [5.41, 5.74) is 0. The van der Waals surface area contributed by atoms with Crippen molar-refractivity contribution in [2.75, 3.05) is 6.61 Å². The monoisotopic (exact) mass is 354 g/mol. The van der Waals surface area contributed by atoms with E-state index in [4.69, 9.17) is 86.3 Å². The van der Waals surface area contributed by atoms with Gasteiger partial charge in [-0.15, -0.1) is 11.6 Å². The molecule has 0 fully saturated rings. The summed E-state index contributed by atoms with van der Waals surface area (Å²) in [4.78, 5) is 0. The molecule has 15 heavy (non-hydrogen) atoms. The van der Waals surface area contributed by atoms with Crippen molar-refractivity contribution in [2.24, 2.45) is 0 Å². The van der Waals surface area contributed by atoms with Crippen molar-refractivity contribution in [2.45, 2.75) is 31.7 Å². The number of halogens is 7. The lowest BCUT2D eigenvalue weighted by Gasteiger charge is -2.42. The molecule has 0 aromatic rings. The Bertz CT molecular complexity index is 215. The summed E-state index contributed by atoms with van der Waals surface area (Å²) < 4.78 is -5.72. The van der Waals surface area contributed by atoms with Gasteiger partial charge in [-0.1, -0.05) is 76.5 Å². The highest BCUT2D eigenvalue weighted by atomic mass is 35.5. The highest BCUT2D eigenvalue weighted by molar-refractivity contribution is 6.70. The minimum atomic E-state index is -2.01. The van der Waals surface area contributed by atoms with E-state index in [2.05, 4.69) is 0 Å². The van der Waals surface area contributed by atoms with Crippen LogP contribution in [0.4, 0.5) is 0 Å². The molecule has 1 atom stereocenters. The lowest BCUT2D eigenvalue weighted by molar-refractivity contribution is 0.264. The van der Waals surface area contributed by atoms with Crippen LogP contribution < -0.4 is 0 Å². The number of hydrogen-bond donors (Lipinski definition) is 1. The first-order valence-corrected chi connectivity index (χ1v) is 6.63. The molecule has 92 valence electrons. The van der Waals surface area contributed by atoms with Crippen molar-refractivity contribution in [3.63, 3.8) is 0 Å². The molecule has 0 saturated carbocycles. The minimum Gasteiger partial charge on any atom is -0.393 e. The van der Waals surface area contributed by atoms with E-state index in [0.29, 0.717) is 6.42 Å². The van der Waals surface area contributed by atoms with Crippen LogP contribution in [0, 0.1) is 0 Å². The zero-order valence-electron chi connectivity index (χ0n) is 7.58. The Morgan fingerprint density at radius 1 is 1.07 bits per heavy atom. The van der Waals surface area contributed by atoms with Crippen LogP contribution in [0.1, 0.15) is 13.3 Å². The Balaban J connectivity index is 5.17. The predicted molar refractivity (Wildman–Crippen MR) is 70.3 cm³/mol. The van der Waals surface area contributed by atoms with Crippen LogP contribution in [0.15, 0.2) is 0 Å². The molecule has 0 aromatic heterocycles. The van der Waals surface area contributed by atoms with Crippen molar-refractivity contribution >= 4 is 81.2 Å². The number of rotatable bonds is 5. The number of aliphatic hydroxyl groups excluding tert-OH is 1. The van der Waals surface area contributed by atoms with Gasteiger partial charge < -0.3 is 5.11 Å². The summed E-state index contributed by atoms with van der Waals surface area (Å²) in [6.45, 7) is 1.03. The van der Waals surface area contributed by atoms with Crippen molar-refractivity contribution in [1.29, 1.82) is 0 Å². The van der Waals surface area contributed by atoms with E-state index >= 15 is 0 Å². The van der Waals surface area contributed by atoms with E-state index in [1.54, 1.807) is 6.92 Å². The summed E-state index contributed by atoms with van der Waals surface area (Å²) in [5, 5.41) is 8.19. The molecule has 8 heteroatoms. The van der Waals surface area contributed by atoms with Crippen LogP contribution in [-0.4, -0.2) is 30.1 Å². The van der Waals surface area contributed by atoms with Gasteiger partial charge in [0.1, 0.15) is 0 Å². The van der Waals surface area contributed by atoms with Crippen LogP contribution in [0.3, 0.4) is 0 Å². The van der Waals surface area contributed by atoms with Crippen molar-refractivity contribution in [3.8, 4) is 0 Å². The fourth-order valence-electron chi connectivity index (χ4n) is 0.796. The molecule has 0 aliphatic carbocycles. The van der Waals surface area contributed by atoms with Crippen molar-refractivity contribution < 1.29 is 5.11 Å². The smallest absolute Gasteiger partial charge is 0.187 e. The zero-order chi connectivity index (χ0) is 12.5. The number of aliphatic hydroxyl groups is 1. The standard InChI is InChI=1S/C7H9Cl7O/c1-2-4(8)6(11,12)7(13,14)5(9,10)3-15/h4,15H,2-3H2,1H3. The van der Waals surface area contributed by atoms with Gasteiger partial charge in [-0.2, -0.15) is 0 Å². The van der Waals surface area contributed by atoms with Crippen LogP contribution in [-0.2, 0) is 0 Å². The molecule has 0 aliphatic heterocycles. The Morgan fingerprint density at radius 2 is 1.47 bits per heavy atom. The molecule has 0 bridgehead atoms. The Morgan fingerprint density at radius 3 is 1.73 bits per heavy atom. The highest BCUT2D eigenvalue weighted by Crippen LogP contribution is 2.56. The van der Waals surface area contributed by atoms with Gasteiger partial charge in [-0.25, -0.2) is 0 Å². The first-order chi connectivity index (χ1) is 6.54. The third-order valence-electron chi connectivity index (χ3n) is 1.83. The van der Waals surface area contributed by atoms with Crippen LogP contribution in [0.2, 0.25) is 0 Å². The van der Waals surface area contributed by atoms with E-state index < -0.39 is 25.0 Å². The van der Waals surface area contributed by atoms with Crippen LogP contribution in [0.25, 0.3) is 0 Å². The van der Waals surface area contributed by atoms with Gasteiger partial charge in [0.2, 0.25) is 0 Å². The van der Waals surface area contributed by atoms with Crippen LogP contribution >= 0.6 is 81.2 Å². The molecule has 0 amide bonds. The third-order valence-corrected chi connectivity index (χ3v) is 6.60. The Hall–Kier alpha value is 1.99. The third kappa shape index (κ3) is 3.26. The molecule has 1 unspecified atom stereocenters. The molecule has 0 aliphatic rings. The summed E-state index contributed by atoms with van der Waals surface area (Å²) in [6.07, 6.45) is 0.408. The zero-order valence-corrected chi connectivity index (χ0v) is 12.9. The van der Waals surface area contributed by atoms with E-state index in [-0.39, 0.29) is 0 Å². The summed E-state index contributed by atoms with van der Waals surface area (Å²) in [7, 11) is 0. The molecule has 0 rings (SSSR count). The summed E-state index contributed by atoms with van der Waals surface area (Å²) in [5.74, 6) is 0. The van der Waals surface area contributed by atoms with Gasteiger partial charge in [0.15, 0.2) is 13.0 Å². The van der Waals surface area contributed by atoms with Crippen molar-refractivity contribution in [3.05, 3.63) is 0 Å². The van der Waals surface area contributed by atoms with Crippen LogP contribution in [0.5, 0.6) is 0 Å². The minimum absolute atomic E-state index is 0.408. The topological polar surface area (TPSA) is 20.2 Å². The normalized spacial score (nSPS) is 16.6. The molecule has 0 radical (unpaired) electrons. The fraction of sp³-hybridized carbons (Fsp3) is 1.00. The number of hydrogen-bond acceptors (Lipinski definition) is 1. The SMILES string of the molecule is CCC(Cl)C(Cl)(Cl)C(Cl)(Cl)C(Cl)(Cl)CO. The molecule has 0 aromatic carbocycles. The molecule has 1 N–H and O–H groups in total. The summed E-state index contributed by atoms with van der Waals surface area (Å²) >= 11 is 41.0. The van der Waals surface area contributed by atoms with Gasteiger partial charge >= 0.3 is 0 Å². The van der Waals surface area contributed by atoms with E-state index in [9.17, 15) is 0 Å². The highest BCUT2D eigenvalue weighted by Gasteiger charge is 2.62. The predicted octanol–water partition coefficient (Wildman–Crippen LogP) is 4.52. The lowest BCUT2D eigenvalue weighted by Crippen LogP contribution is -2.55. The molecular formula is C7H9Cl7O. The first kappa shape index (κ1) is 17.0. The van der Waals surface area contributed by atoms with Gasteiger partial charge in [-0.3, -0.25) is 0 Å². The average molecular weight is 357 g/mol. The van der Waals surface area contributed by atoms with Gasteiger partial charge in [-0.05, 0) is 6.42 Å². The number of alkyl halides is 7. The quantitative estimate of drug-likeness (QED) is 0.718. The maximum Gasteiger partial charge on any atom is 0.187 e. The van der Waals surface area contributed by atoms with E-state index in [1.807, 2.05) is 0 Å².